The van der Waals surface area contributed by atoms with Gasteiger partial charge in [0, 0.05) is 17.9 Å². The Balaban J connectivity index is 4.70. The maximum atomic E-state index is 13.2. The van der Waals surface area contributed by atoms with Crippen molar-refractivity contribution in [3.05, 3.63) is 10.4 Å². The van der Waals surface area contributed by atoms with Gasteiger partial charge in [-0.1, -0.05) is 25.4 Å². The first-order valence-corrected chi connectivity index (χ1v) is 12.2. The highest BCUT2D eigenvalue weighted by atomic mass is 31.2. The second-order valence-electron chi connectivity index (χ2n) is 8.33. The maximum Gasteiger partial charge on any atom is 0.407 e. The molecule has 0 aromatic rings. The standard InChI is InChI=1S/C19H37N4O6P/c1-7-28-30(26,14-27-17(24)12-11-15(2)3)16(22-23-20)10-8-9-13-21-18(25)29-19(4,5)6/h15-16H,7-14H2,1-6H3,(H,21,25). The maximum absolute atomic E-state index is 13.2. The first kappa shape index (κ1) is 28.2. The number of azide groups is 1. The monoisotopic (exact) mass is 448 g/mol. The first-order valence-electron chi connectivity index (χ1n) is 10.3. The molecule has 11 heteroatoms. The summed E-state index contributed by atoms with van der Waals surface area (Å²) in [6.45, 7) is 11.5. The van der Waals surface area contributed by atoms with Gasteiger partial charge in [0.15, 0.2) is 6.35 Å². The molecule has 0 aliphatic carbocycles. The number of ether oxygens (including phenoxy) is 2. The summed E-state index contributed by atoms with van der Waals surface area (Å²) in [4.78, 5) is 26.3. The predicted octanol–water partition coefficient (Wildman–Crippen LogP) is 5.57. The molecule has 0 rings (SSSR count). The van der Waals surface area contributed by atoms with E-state index >= 15 is 0 Å². The molecule has 2 unspecified atom stereocenters. The molecule has 174 valence electrons. The van der Waals surface area contributed by atoms with Gasteiger partial charge in [-0.15, -0.1) is 0 Å². The number of alkyl carbamates (subject to hydrolysis) is 1. The summed E-state index contributed by atoms with van der Waals surface area (Å²) < 4.78 is 28.9. The Kier molecular flexibility index (Phi) is 13.4. The quantitative estimate of drug-likeness (QED) is 0.0920. The van der Waals surface area contributed by atoms with Gasteiger partial charge in [0.2, 0.25) is 7.37 Å². The lowest BCUT2D eigenvalue weighted by molar-refractivity contribution is -0.142. The molecule has 0 aromatic heterocycles. The number of carbonyl (C=O) groups is 2. The van der Waals surface area contributed by atoms with Crippen LogP contribution in [0.5, 0.6) is 0 Å². The van der Waals surface area contributed by atoms with Gasteiger partial charge in [-0.3, -0.25) is 9.36 Å². The van der Waals surface area contributed by atoms with Gasteiger partial charge in [0.25, 0.3) is 0 Å². The van der Waals surface area contributed by atoms with E-state index < -0.39 is 37.2 Å². The van der Waals surface area contributed by atoms with Crippen molar-refractivity contribution in [3.8, 4) is 0 Å². The Labute approximate surface area is 179 Å². The van der Waals surface area contributed by atoms with Crippen LogP contribution in [0.15, 0.2) is 5.11 Å². The van der Waals surface area contributed by atoms with Gasteiger partial charge < -0.3 is 19.3 Å². The number of amides is 1. The number of hydrogen-bond acceptors (Lipinski definition) is 7. The summed E-state index contributed by atoms with van der Waals surface area (Å²) in [6.07, 6.45) is 1.34. The molecule has 0 aromatic carbocycles. The Hall–Kier alpha value is -1.76. The topological polar surface area (TPSA) is 140 Å². The van der Waals surface area contributed by atoms with Gasteiger partial charge in [-0.05, 0) is 58.4 Å². The lowest BCUT2D eigenvalue weighted by Crippen LogP contribution is -2.33. The number of nitrogens with one attached hydrogen (secondary N) is 1. The van der Waals surface area contributed by atoms with Gasteiger partial charge >= 0.3 is 12.1 Å². The van der Waals surface area contributed by atoms with Crippen LogP contribution in [0.2, 0.25) is 0 Å². The highest BCUT2D eigenvalue weighted by molar-refractivity contribution is 7.59. The zero-order valence-electron chi connectivity index (χ0n) is 19.0. The zero-order valence-corrected chi connectivity index (χ0v) is 19.9. The van der Waals surface area contributed by atoms with E-state index in [0.717, 1.165) is 0 Å². The number of rotatable bonds is 14. The lowest BCUT2D eigenvalue weighted by Gasteiger charge is -2.24. The summed E-state index contributed by atoms with van der Waals surface area (Å²) in [6, 6.07) is 0. The summed E-state index contributed by atoms with van der Waals surface area (Å²) in [7, 11) is -3.52. The van der Waals surface area contributed by atoms with Crippen LogP contribution in [0, 0.1) is 5.92 Å². The summed E-state index contributed by atoms with van der Waals surface area (Å²) >= 11 is 0. The third kappa shape index (κ3) is 13.5. The zero-order chi connectivity index (χ0) is 23.2. The van der Waals surface area contributed by atoms with E-state index in [1.165, 1.54) is 0 Å². The first-order chi connectivity index (χ1) is 13.9. The summed E-state index contributed by atoms with van der Waals surface area (Å²) in [5.74, 6) is -1.05. The fourth-order valence-corrected chi connectivity index (χ4v) is 4.38. The van der Waals surface area contributed by atoms with Crippen molar-refractivity contribution < 1.29 is 28.2 Å². The highest BCUT2D eigenvalue weighted by Crippen LogP contribution is 2.54. The Morgan fingerprint density at radius 2 is 1.87 bits per heavy atom. The second-order valence-corrected chi connectivity index (χ2v) is 10.9. The van der Waals surface area contributed by atoms with Crippen LogP contribution < -0.4 is 5.32 Å². The van der Waals surface area contributed by atoms with Crippen LogP contribution >= 0.6 is 7.37 Å². The molecule has 0 aliphatic rings. The van der Waals surface area contributed by atoms with Crippen molar-refractivity contribution in [3.63, 3.8) is 0 Å². The normalized spacial score (nSPS) is 14.4. The van der Waals surface area contributed by atoms with E-state index in [1.54, 1.807) is 27.7 Å². The number of unbranched alkanes of at least 4 members (excludes halogenated alkanes) is 1. The fraction of sp³-hybridized carbons (Fsp3) is 0.895. The van der Waals surface area contributed by atoms with Crippen molar-refractivity contribution in [2.24, 2.45) is 11.0 Å². The fourth-order valence-electron chi connectivity index (χ4n) is 2.42. The van der Waals surface area contributed by atoms with Crippen LogP contribution in [-0.4, -0.2) is 42.9 Å². The average molecular weight is 449 g/mol. The van der Waals surface area contributed by atoms with Crippen LogP contribution in [-0.2, 0) is 23.4 Å². The van der Waals surface area contributed by atoms with E-state index in [4.69, 9.17) is 19.5 Å². The van der Waals surface area contributed by atoms with Crippen molar-refractivity contribution >= 4 is 19.4 Å². The average Bonchev–Trinajstić information content (AvgIpc) is 2.62. The minimum absolute atomic E-state index is 0.137. The predicted molar refractivity (Wildman–Crippen MR) is 115 cm³/mol. The number of carbonyl (C=O) groups excluding carboxylic acids is 2. The van der Waals surface area contributed by atoms with Gasteiger partial charge in [0.1, 0.15) is 11.4 Å². The van der Waals surface area contributed by atoms with Crippen molar-refractivity contribution in [2.45, 2.75) is 85.0 Å². The SMILES string of the molecule is CCOP(=O)(COC(=O)CCC(C)C)C(CCCCNC(=O)OC(C)(C)C)N=[N+]=[N-]. The van der Waals surface area contributed by atoms with Crippen LogP contribution in [0.3, 0.4) is 0 Å². The molecule has 1 N–H and O–H groups in total. The van der Waals surface area contributed by atoms with Crippen molar-refractivity contribution in [1.82, 2.24) is 5.32 Å². The number of nitrogens with zero attached hydrogens (tertiary/aromatic N) is 3. The van der Waals surface area contributed by atoms with E-state index in [-0.39, 0.29) is 19.4 Å². The molecule has 30 heavy (non-hydrogen) atoms. The summed E-state index contributed by atoms with van der Waals surface area (Å²) in [5.41, 5.74) is 8.30. The smallest absolute Gasteiger partial charge is 0.407 e. The molecule has 10 nitrogen and oxygen atoms in total. The van der Waals surface area contributed by atoms with E-state index in [2.05, 4.69) is 15.3 Å². The van der Waals surface area contributed by atoms with Crippen molar-refractivity contribution in [2.75, 3.05) is 19.5 Å². The van der Waals surface area contributed by atoms with Crippen LogP contribution in [0.1, 0.15) is 73.6 Å². The number of hydrogen-bond donors (Lipinski definition) is 1. The molecule has 0 aliphatic heterocycles. The van der Waals surface area contributed by atoms with Crippen molar-refractivity contribution in [1.29, 1.82) is 0 Å². The molecule has 2 atom stereocenters. The molecule has 0 radical (unpaired) electrons. The lowest BCUT2D eigenvalue weighted by atomic mass is 10.1. The van der Waals surface area contributed by atoms with Gasteiger partial charge in [0.05, 0.1) is 6.61 Å². The minimum Gasteiger partial charge on any atom is -0.455 e. The molecule has 1 amide bonds. The third-order valence-corrected chi connectivity index (χ3v) is 6.33. The van der Waals surface area contributed by atoms with E-state index in [0.29, 0.717) is 31.7 Å². The molecular weight excluding hydrogens is 411 g/mol. The van der Waals surface area contributed by atoms with E-state index in [1.807, 2.05) is 13.8 Å². The molecular formula is C19H37N4O6P. The van der Waals surface area contributed by atoms with Crippen LogP contribution in [0.25, 0.3) is 10.4 Å². The Morgan fingerprint density at radius 3 is 2.40 bits per heavy atom. The molecule has 0 fully saturated rings. The van der Waals surface area contributed by atoms with Crippen LogP contribution in [0.4, 0.5) is 4.79 Å². The molecule has 0 saturated carbocycles. The van der Waals surface area contributed by atoms with Gasteiger partial charge in [-0.25, -0.2) is 4.79 Å². The second kappa shape index (κ2) is 14.3. The van der Waals surface area contributed by atoms with Gasteiger partial charge in [-0.2, -0.15) is 0 Å². The minimum atomic E-state index is -3.52. The Morgan fingerprint density at radius 1 is 1.20 bits per heavy atom. The molecule has 0 bridgehead atoms. The Bertz CT molecular complexity index is 629. The molecule has 0 saturated heterocycles. The summed E-state index contributed by atoms with van der Waals surface area (Å²) in [5, 5.41) is 6.28. The highest BCUT2D eigenvalue weighted by Gasteiger charge is 2.34. The molecule has 0 heterocycles. The number of esters is 1. The molecule has 0 spiro atoms. The third-order valence-electron chi connectivity index (χ3n) is 3.88. The largest absolute Gasteiger partial charge is 0.455 e. The van der Waals surface area contributed by atoms with E-state index in [9.17, 15) is 14.2 Å².